The van der Waals surface area contributed by atoms with E-state index in [-0.39, 0.29) is 12.5 Å². The fourth-order valence-electron chi connectivity index (χ4n) is 3.94. The molecule has 0 spiro atoms. The molecule has 2 heterocycles. The van der Waals surface area contributed by atoms with Gasteiger partial charge in [0, 0.05) is 49.1 Å². The fraction of sp³-hybridized carbons (Fsp3) is 0.423. The number of carbonyl (C=O) groups excluding carboxylic acids is 1. The molecule has 186 valence electrons. The topological polar surface area (TPSA) is 92.2 Å². The molecule has 0 aliphatic carbocycles. The van der Waals surface area contributed by atoms with E-state index in [0.29, 0.717) is 25.4 Å². The number of aromatic nitrogens is 1. The van der Waals surface area contributed by atoms with E-state index in [1.165, 1.54) is 11.3 Å². The minimum Gasteiger partial charge on any atom is -0.492 e. The van der Waals surface area contributed by atoms with Crippen molar-refractivity contribution in [1.29, 1.82) is 0 Å². The minimum absolute atomic E-state index is 0.0789. The summed E-state index contributed by atoms with van der Waals surface area (Å²) < 4.78 is 11.6. The number of rotatable bonds is 7. The summed E-state index contributed by atoms with van der Waals surface area (Å²) in [5.74, 6) is -0.0821. The Kier molecular flexibility index (Phi) is 7.57. The Morgan fingerprint density at radius 2 is 1.89 bits per heavy atom. The number of fused-ring (bicyclic) bond motifs is 1. The summed E-state index contributed by atoms with van der Waals surface area (Å²) in [7, 11) is 0. The molecule has 1 amide bonds. The van der Waals surface area contributed by atoms with Gasteiger partial charge in [-0.3, -0.25) is 9.69 Å². The Morgan fingerprint density at radius 3 is 2.60 bits per heavy atom. The number of carboxylic acid groups (broad SMARTS) is 1. The summed E-state index contributed by atoms with van der Waals surface area (Å²) in [6, 6.07) is 12.1. The Balaban J connectivity index is 1.35. The number of ether oxygens (including phenoxy) is 2. The predicted molar refractivity (Wildman–Crippen MR) is 136 cm³/mol. The molecular weight excluding hydrogens is 466 g/mol. The highest BCUT2D eigenvalue weighted by atomic mass is 32.1. The number of hydrogen-bond donors (Lipinski definition) is 1. The molecule has 0 atom stereocenters. The molecule has 1 N–H and O–H groups in total. The number of thiazole rings is 1. The monoisotopic (exact) mass is 497 g/mol. The zero-order valence-corrected chi connectivity index (χ0v) is 21.1. The second kappa shape index (κ2) is 10.6. The zero-order chi connectivity index (χ0) is 25.0. The van der Waals surface area contributed by atoms with Crippen molar-refractivity contribution in [1.82, 2.24) is 14.8 Å². The van der Waals surface area contributed by atoms with Gasteiger partial charge in [0.25, 0.3) is 0 Å². The van der Waals surface area contributed by atoms with Gasteiger partial charge in [-0.25, -0.2) is 9.78 Å². The SMILES string of the molecule is CC(C)(C)OC(=O)N1CCN(CCOc2cccc3ccc(-c4nc(CC(=O)O)cs4)cc23)CC1. The second-order valence-corrected chi connectivity index (χ2v) is 10.4. The van der Waals surface area contributed by atoms with Gasteiger partial charge in [0.1, 0.15) is 23.0 Å². The van der Waals surface area contributed by atoms with Crippen LogP contribution in [0.5, 0.6) is 5.75 Å². The van der Waals surface area contributed by atoms with Crippen LogP contribution in [0.2, 0.25) is 0 Å². The third-order valence-electron chi connectivity index (χ3n) is 5.66. The van der Waals surface area contributed by atoms with Crippen molar-refractivity contribution in [3.8, 4) is 16.3 Å². The van der Waals surface area contributed by atoms with Gasteiger partial charge in [-0.2, -0.15) is 0 Å². The molecule has 2 aromatic carbocycles. The first-order valence-electron chi connectivity index (χ1n) is 11.7. The van der Waals surface area contributed by atoms with Crippen LogP contribution in [-0.2, 0) is 16.0 Å². The van der Waals surface area contributed by atoms with E-state index in [1.54, 1.807) is 10.3 Å². The molecule has 1 aromatic heterocycles. The van der Waals surface area contributed by atoms with Crippen LogP contribution in [0, 0.1) is 0 Å². The van der Waals surface area contributed by atoms with E-state index in [0.717, 1.165) is 46.7 Å². The van der Waals surface area contributed by atoms with Crippen LogP contribution in [0.25, 0.3) is 21.3 Å². The average molecular weight is 498 g/mol. The number of benzene rings is 2. The zero-order valence-electron chi connectivity index (χ0n) is 20.3. The Hall–Kier alpha value is -3.17. The normalized spacial score (nSPS) is 14.8. The summed E-state index contributed by atoms with van der Waals surface area (Å²) in [6.45, 7) is 9.79. The van der Waals surface area contributed by atoms with Crippen molar-refractivity contribution in [2.24, 2.45) is 0 Å². The fourth-order valence-corrected chi connectivity index (χ4v) is 4.76. The van der Waals surface area contributed by atoms with E-state index in [2.05, 4.69) is 9.88 Å². The Bertz CT molecular complexity index is 1200. The number of nitrogens with zero attached hydrogens (tertiary/aromatic N) is 3. The molecule has 1 aliphatic heterocycles. The van der Waals surface area contributed by atoms with E-state index in [9.17, 15) is 9.59 Å². The highest BCUT2D eigenvalue weighted by Crippen LogP contribution is 2.32. The lowest BCUT2D eigenvalue weighted by atomic mass is 10.1. The molecule has 1 aliphatic rings. The quantitative estimate of drug-likeness (QED) is 0.513. The number of carbonyl (C=O) groups is 2. The van der Waals surface area contributed by atoms with Gasteiger partial charge >= 0.3 is 12.1 Å². The van der Waals surface area contributed by atoms with Crippen molar-refractivity contribution in [3.05, 3.63) is 47.5 Å². The molecule has 0 bridgehead atoms. The molecule has 4 rings (SSSR count). The summed E-state index contributed by atoms with van der Waals surface area (Å²) in [5.41, 5.74) is 1.02. The summed E-state index contributed by atoms with van der Waals surface area (Å²) >= 11 is 1.44. The molecule has 0 unspecified atom stereocenters. The molecule has 35 heavy (non-hydrogen) atoms. The van der Waals surface area contributed by atoms with Gasteiger partial charge in [-0.15, -0.1) is 11.3 Å². The number of amides is 1. The van der Waals surface area contributed by atoms with Crippen LogP contribution < -0.4 is 4.74 Å². The van der Waals surface area contributed by atoms with E-state index in [1.807, 2.05) is 57.2 Å². The lowest BCUT2D eigenvalue weighted by Gasteiger charge is -2.35. The number of carboxylic acids is 1. The molecule has 3 aromatic rings. The average Bonchev–Trinajstić information content (AvgIpc) is 3.26. The molecule has 8 nitrogen and oxygen atoms in total. The van der Waals surface area contributed by atoms with Crippen molar-refractivity contribution in [3.63, 3.8) is 0 Å². The van der Waals surface area contributed by atoms with Gasteiger partial charge in [-0.05, 0) is 38.3 Å². The van der Waals surface area contributed by atoms with E-state index < -0.39 is 11.6 Å². The van der Waals surface area contributed by atoms with Crippen molar-refractivity contribution in [2.75, 3.05) is 39.3 Å². The van der Waals surface area contributed by atoms with Gasteiger partial charge in [0.15, 0.2) is 0 Å². The number of aliphatic carboxylic acids is 1. The Morgan fingerprint density at radius 1 is 1.11 bits per heavy atom. The van der Waals surface area contributed by atoms with Gasteiger partial charge in [-0.1, -0.05) is 24.3 Å². The smallest absolute Gasteiger partial charge is 0.410 e. The first-order valence-corrected chi connectivity index (χ1v) is 12.6. The van der Waals surface area contributed by atoms with Crippen molar-refractivity contribution >= 4 is 34.2 Å². The summed E-state index contributed by atoms with van der Waals surface area (Å²) in [6.07, 6.45) is -0.333. The van der Waals surface area contributed by atoms with Crippen LogP contribution in [0.3, 0.4) is 0 Å². The lowest BCUT2D eigenvalue weighted by Crippen LogP contribution is -2.50. The van der Waals surface area contributed by atoms with Gasteiger partial charge in [0.2, 0.25) is 0 Å². The largest absolute Gasteiger partial charge is 0.492 e. The van der Waals surface area contributed by atoms with Gasteiger partial charge in [0.05, 0.1) is 12.1 Å². The van der Waals surface area contributed by atoms with Crippen LogP contribution in [0.4, 0.5) is 4.79 Å². The van der Waals surface area contributed by atoms with Crippen molar-refractivity contribution < 1.29 is 24.2 Å². The highest BCUT2D eigenvalue weighted by molar-refractivity contribution is 7.13. The van der Waals surface area contributed by atoms with E-state index in [4.69, 9.17) is 14.6 Å². The first-order chi connectivity index (χ1) is 16.7. The second-order valence-electron chi connectivity index (χ2n) is 9.56. The van der Waals surface area contributed by atoms with Crippen LogP contribution in [-0.4, -0.2) is 76.9 Å². The maximum absolute atomic E-state index is 12.3. The number of hydrogen-bond acceptors (Lipinski definition) is 7. The lowest BCUT2D eigenvalue weighted by molar-refractivity contribution is -0.136. The standard InChI is InChI=1S/C26H31N3O5S/c1-26(2,3)34-25(32)29-11-9-28(10-12-29)13-14-33-22-6-4-5-18-7-8-19(15-21(18)22)24-27-20(17-35-24)16-23(30)31/h4-8,15,17H,9-14,16H2,1-3H3,(H,30,31). The molecule has 1 saturated heterocycles. The molecule has 0 saturated carbocycles. The van der Waals surface area contributed by atoms with Crippen LogP contribution in [0.15, 0.2) is 41.8 Å². The minimum atomic E-state index is -0.887. The Labute approximate surface area is 209 Å². The van der Waals surface area contributed by atoms with Crippen LogP contribution in [0.1, 0.15) is 26.5 Å². The van der Waals surface area contributed by atoms with Gasteiger partial charge < -0.3 is 19.5 Å². The summed E-state index contributed by atoms with van der Waals surface area (Å²) in [4.78, 5) is 31.7. The molecule has 1 fully saturated rings. The molecular formula is C26H31N3O5S. The van der Waals surface area contributed by atoms with E-state index >= 15 is 0 Å². The summed E-state index contributed by atoms with van der Waals surface area (Å²) in [5, 5.41) is 13.6. The maximum Gasteiger partial charge on any atom is 0.410 e. The number of piperazine rings is 1. The molecule has 9 heteroatoms. The highest BCUT2D eigenvalue weighted by Gasteiger charge is 2.25. The van der Waals surface area contributed by atoms with Crippen LogP contribution >= 0.6 is 11.3 Å². The predicted octanol–water partition coefficient (Wildman–Crippen LogP) is 4.52. The van der Waals surface area contributed by atoms with Crippen molar-refractivity contribution in [2.45, 2.75) is 32.8 Å². The molecule has 0 radical (unpaired) electrons. The maximum atomic E-state index is 12.3. The third kappa shape index (κ3) is 6.70. The first kappa shape index (κ1) is 24.9. The third-order valence-corrected chi connectivity index (χ3v) is 6.60.